The number of nitrogens with one attached hydrogen (secondary N) is 1. The number of halogens is 2. The molecule has 1 atom stereocenters. The number of hydrogen-bond acceptors (Lipinski definition) is 2. The van der Waals surface area contributed by atoms with Crippen LogP contribution in [0.3, 0.4) is 0 Å². The lowest BCUT2D eigenvalue weighted by Gasteiger charge is -2.31. The molecule has 4 heteroatoms. The first-order chi connectivity index (χ1) is 11.6. The summed E-state index contributed by atoms with van der Waals surface area (Å²) in [5.74, 6) is -0.209. The second-order valence-electron chi connectivity index (χ2n) is 6.57. The molecule has 0 bridgehead atoms. The number of hydrogen-bond donors (Lipinski definition) is 2. The van der Waals surface area contributed by atoms with Crippen LogP contribution in [0.1, 0.15) is 42.9 Å². The molecule has 3 rings (SSSR count). The number of benzene rings is 2. The molecule has 0 amide bonds. The third kappa shape index (κ3) is 4.65. The molecule has 2 aromatic carbocycles. The molecule has 1 fully saturated rings. The van der Waals surface area contributed by atoms with Crippen LogP contribution in [-0.2, 0) is 6.42 Å². The molecule has 0 spiro atoms. The normalized spacial score (nSPS) is 22.3. The highest BCUT2D eigenvalue weighted by molar-refractivity contribution is 9.10. The van der Waals surface area contributed by atoms with Gasteiger partial charge in [-0.25, -0.2) is 4.39 Å². The van der Waals surface area contributed by atoms with Crippen molar-refractivity contribution < 1.29 is 9.50 Å². The van der Waals surface area contributed by atoms with Gasteiger partial charge in [-0.2, -0.15) is 0 Å². The highest BCUT2D eigenvalue weighted by atomic mass is 79.9. The maximum absolute atomic E-state index is 13.3. The second-order valence-corrected chi connectivity index (χ2v) is 7.43. The summed E-state index contributed by atoms with van der Waals surface area (Å²) in [6, 6.07) is 15.5. The summed E-state index contributed by atoms with van der Waals surface area (Å²) in [6.45, 7) is 0. The van der Waals surface area contributed by atoms with Crippen LogP contribution in [0.25, 0.3) is 0 Å². The Balaban J connectivity index is 1.78. The first-order valence-corrected chi connectivity index (χ1v) is 9.34. The van der Waals surface area contributed by atoms with Crippen molar-refractivity contribution in [3.05, 3.63) is 69.9 Å². The van der Waals surface area contributed by atoms with E-state index < -0.39 is 0 Å². The lowest BCUT2D eigenvalue weighted by atomic mass is 9.90. The van der Waals surface area contributed by atoms with E-state index in [1.807, 2.05) is 30.3 Å². The van der Waals surface area contributed by atoms with Crippen LogP contribution in [0, 0.1) is 5.82 Å². The Morgan fingerprint density at radius 1 is 1.04 bits per heavy atom. The van der Waals surface area contributed by atoms with Gasteiger partial charge < -0.3 is 10.4 Å². The third-order valence-electron chi connectivity index (χ3n) is 4.79. The zero-order valence-electron chi connectivity index (χ0n) is 13.6. The monoisotopic (exact) mass is 391 g/mol. The third-order valence-corrected chi connectivity index (χ3v) is 5.56. The van der Waals surface area contributed by atoms with Crippen LogP contribution < -0.4 is 5.32 Å². The average Bonchev–Trinajstić information content (AvgIpc) is 2.59. The standard InChI is InChI=1S/C20H23BrFNO/c21-19-4-2-1-3-15(19)13-20(14-5-7-16(22)8-6-14)23-17-9-11-18(24)12-10-17/h1-8,17-18,20,23-24H,9-13H2. The lowest BCUT2D eigenvalue weighted by Crippen LogP contribution is -2.38. The minimum absolute atomic E-state index is 0.129. The second kappa shape index (κ2) is 8.24. The van der Waals surface area contributed by atoms with Gasteiger partial charge in [0.2, 0.25) is 0 Å². The molecule has 2 N–H and O–H groups in total. The van der Waals surface area contributed by atoms with E-state index in [0.717, 1.165) is 42.1 Å². The van der Waals surface area contributed by atoms with Crippen LogP contribution in [-0.4, -0.2) is 17.3 Å². The summed E-state index contributed by atoms with van der Waals surface area (Å²) in [4.78, 5) is 0. The first-order valence-electron chi connectivity index (χ1n) is 8.55. The van der Waals surface area contributed by atoms with Gasteiger partial charge in [0.15, 0.2) is 0 Å². The molecule has 2 aromatic rings. The van der Waals surface area contributed by atoms with Crippen molar-refractivity contribution in [1.29, 1.82) is 0 Å². The highest BCUT2D eigenvalue weighted by Gasteiger charge is 2.23. The van der Waals surface area contributed by atoms with Crippen LogP contribution in [0.4, 0.5) is 4.39 Å². The Labute approximate surface area is 151 Å². The molecule has 1 unspecified atom stereocenters. The molecule has 0 saturated heterocycles. The van der Waals surface area contributed by atoms with Crippen molar-refractivity contribution >= 4 is 15.9 Å². The largest absolute Gasteiger partial charge is 0.393 e. The molecule has 128 valence electrons. The molecule has 0 radical (unpaired) electrons. The van der Waals surface area contributed by atoms with E-state index in [1.165, 1.54) is 17.7 Å². The minimum Gasteiger partial charge on any atom is -0.393 e. The van der Waals surface area contributed by atoms with Crippen LogP contribution in [0.5, 0.6) is 0 Å². The van der Waals surface area contributed by atoms with E-state index in [1.54, 1.807) is 0 Å². The number of rotatable bonds is 5. The predicted octanol–water partition coefficient (Wildman–Crippen LogP) is 4.77. The van der Waals surface area contributed by atoms with Gasteiger partial charge in [0, 0.05) is 16.6 Å². The Kier molecular flexibility index (Phi) is 6.04. The Bertz CT molecular complexity index is 653. The van der Waals surface area contributed by atoms with E-state index in [4.69, 9.17) is 0 Å². The maximum Gasteiger partial charge on any atom is 0.123 e. The van der Waals surface area contributed by atoms with Crippen LogP contribution >= 0.6 is 15.9 Å². The SMILES string of the molecule is OC1CCC(NC(Cc2ccccc2Br)c2ccc(F)cc2)CC1. The smallest absolute Gasteiger partial charge is 0.123 e. The molecule has 0 aliphatic heterocycles. The van der Waals surface area contributed by atoms with Crippen molar-refractivity contribution in [2.24, 2.45) is 0 Å². The summed E-state index contributed by atoms with van der Waals surface area (Å²) < 4.78 is 14.4. The highest BCUT2D eigenvalue weighted by Crippen LogP contribution is 2.27. The lowest BCUT2D eigenvalue weighted by molar-refractivity contribution is 0.114. The number of aliphatic hydroxyl groups is 1. The molecule has 1 aliphatic rings. The van der Waals surface area contributed by atoms with Gasteiger partial charge in [0.1, 0.15) is 5.82 Å². The van der Waals surface area contributed by atoms with Crippen LogP contribution in [0.2, 0.25) is 0 Å². The first kappa shape index (κ1) is 17.6. The molecule has 0 aromatic heterocycles. The van der Waals surface area contributed by atoms with Crippen molar-refractivity contribution in [1.82, 2.24) is 5.32 Å². The number of aliphatic hydroxyl groups excluding tert-OH is 1. The van der Waals surface area contributed by atoms with E-state index in [2.05, 4.69) is 27.3 Å². The van der Waals surface area contributed by atoms with Gasteiger partial charge in [0.05, 0.1) is 6.10 Å². The molecular formula is C20H23BrFNO. The zero-order valence-corrected chi connectivity index (χ0v) is 15.2. The molecule has 0 heterocycles. The Morgan fingerprint density at radius 2 is 1.71 bits per heavy atom. The van der Waals surface area contributed by atoms with Crippen molar-refractivity contribution in [2.45, 2.75) is 50.3 Å². The Morgan fingerprint density at radius 3 is 2.38 bits per heavy atom. The quantitative estimate of drug-likeness (QED) is 0.769. The topological polar surface area (TPSA) is 32.3 Å². The average molecular weight is 392 g/mol. The van der Waals surface area contributed by atoms with E-state index >= 15 is 0 Å². The van der Waals surface area contributed by atoms with Crippen molar-refractivity contribution in [2.75, 3.05) is 0 Å². The van der Waals surface area contributed by atoms with Gasteiger partial charge in [-0.1, -0.05) is 46.3 Å². The fraction of sp³-hybridized carbons (Fsp3) is 0.400. The van der Waals surface area contributed by atoms with Gasteiger partial charge in [-0.05, 0) is 61.4 Å². The molecule has 2 nitrogen and oxygen atoms in total. The fourth-order valence-electron chi connectivity index (χ4n) is 3.38. The Hall–Kier alpha value is -1.23. The van der Waals surface area contributed by atoms with Gasteiger partial charge in [-0.3, -0.25) is 0 Å². The van der Waals surface area contributed by atoms with E-state index in [0.29, 0.717) is 6.04 Å². The van der Waals surface area contributed by atoms with E-state index in [-0.39, 0.29) is 18.0 Å². The van der Waals surface area contributed by atoms with Gasteiger partial charge >= 0.3 is 0 Å². The molecular weight excluding hydrogens is 369 g/mol. The summed E-state index contributed by atoms with van der Waals surface area (Å²) in [5, 5.41) is 13.4. The summed E-state index contributed by atoms with van der Waals surface area (Å²) in [5.41, 5.74) is 2.33. The summed E-state index contributed by atoms with van der Waals surface area (Å²) in [6.07, 6.45) is 4.34. The summed E-state index contributed by atoms with van der Waals surface area (Å²) in [7, 11) is 0. The van der Waals surface area contributed by atoms with Crippen molar-refractivity contribution in [3.63, 3.8) is 0 Å². The predicted molar refractivity (Wildman–Crippen MR) is 98.4 cm³/mol. The zero-order chi connectivity index (χ0) is 16.9. The maximum atomic E-state index is 13.3. The summed E-state index contributed by atoms with van der Waals surface area (Å²) >= 11 is 3.62. The van der Waals surface area contributed by atoms with Gasteiger partial charge in [-0.15, -0.1) is 0 Å². The van der Waals surface area contributed by atoms with E-state index in [9.17, 15) is 9.50 Å². The molecule has 1 aliphatic carbocycles. The fourth-order valence-corrected chi connectivity index (χ4v) is 3.83. The van der Waals surface area contributed by atoms with Crippen LogP contribution in [0.15, 0.2) is 53.0 Å². The molecule has 24 heavy (non-hydrogen) atoms. The minimum atomic E-state index is -0.209. The molecule has 1 saturated carbocycles. The van der Waals surface area contributed by atoms with Gasteiger partial charge in [0.25, 0.3) is 0 Å². The van der Waals surface area contributed by atoms with Crippen molar-refractivity contribution in [3.8, 4) is 0 Å².